The van der Waals surface area contributed by atoms with Gasteiger partial charge in [0.1, 0.15) is 5.84 Å². The molecule has 1 rings (SSSR count). The van der Waals surface area contributed by atoms with Crippen LogP contribution in [0, 0.1) is 5.41 Å². The number of nitrogens with two attached hydrogens (primary N) is 1. The average Bonchev–Trinajstić information content (AvgIpc) is 2.30. The number of rotatable bonds is 6. The van der Waals surface area contributed by atoms with E-state index in [2.05, 4.69) is 9.46 Å². The van der Waals surface area contributed by atoms with Crippen LogP contribution >= 0.6 is 0 Å². The predicted octanol–water partition coefficient (Wildman–Crippen LogP) is -1.03. The molecule has 0 saturated carbocycles. The quantitative estimate of drug-likeness (QED) is 0.365. The molecule has 0 aliphatic carbocycles. The molecule has 9 nitrogen and oxygen atoms in total. The van der Waals surface area contributed by atoms with Crippen LogP contribution in [0.15, 0.2) is 0 Å². The zero-order valence-electron chi connectivity index (χ0n) is 11.4. The number of piperidine rings is 1. The summed E-state index contributed by atoms with van der Waals surface area (Å²) in [4.78, 5) is 13.1. The maximum absolute atomic E-state index is 11.7. The molecule has 10 heteroatoms. The molecular formula is C10H21N5O4S. The van der Waals surface area contributed by atoms with Gasteiger partial charge in [-0.1, -0.05) is 0 Å². The summed E-state index contributed by atoms with van der Waals surface area (Å²) in [5.41, 5.74) is 5.31. The molecule has 1 aliphatic rings. The standard InChI is InChI=1S/C10H21N5O4S/c1-2-19-10(16)14-20(17,18)13-8-3-5-15(6-4-8)7-9(11)12/h8,13H,2-7H2,1H3,(H3,11,12)(H,14,16). The second-order valence-electron chi connectivity index (χ2n) is 4.52. The van der Waals surface area contributed by atoms with Gasteiger partial charge >= 0.3 is 16.3 Å². The van der Waals surface area contributed by atoms with E-state index in [-0.39, 0.29) is 18.5 Å². The van der Waals surface area contributed by atoms with Gasteiger partial charge in [-0.05, 0) is 19.8 Å². The van der Waals surface area contributed by atoms with E-state index in [1.807, 2.05) is 4.90 Å². The summed E-state index contributed by atoms with van der Waals surface area (Å²) < 4.78 is 32.0. The van der Waals surface area contributed by atoms with Gasteiger partial charge in [-0.15, -0.1) is 0 Å². The van der Waals surface area contributed by atoms with Gasteiger partial charge in [0.2, 0.25) is 0 Å². The zero-order valence-corrected chi connectivity index (χ0v) is 12.2. The SMILES string of the molecule is CCOC(=O)NS(=O)(=O)NC1CCN(CC(=N)N)CC1. The molecule has 5 N–H and O–H groups in total. The van der Waals surface area contributed by atoms with Crippen molar-refractivity contribution in [2.24, 2.45) is 5.73 Å². The van der Waals surface area contributed by atoms with Crippen molar-refractivity contribution < 1.29 is 17.9 Å². The molecule has 0 radical (unpaired) electrons. The van der Waals surface area contributed by atoms with Crippen LogP contribution in [0.3, 0.4) is 0 Å². The number of likely N-dealkylation sites (tertiary alicyclic amines) is 1. The first-order valence-corrected chi connectivity index (χ1v) is 7.82. The summed E-state index contributed by atoms with van der Waals surface area (Å²) in [6.45, 7) is 3.37. The molecule has 1 heterocycles. The van der Waals surface area contributed by atoms with Crippen molar-refractivity contribution in [3.8, 4) is 0 Å². The minimum atomic E-state index is -3.90. The van der Waals surface area contributed by atoms with Crippen molar-refractivity contribution in [2.45, 2.75) is 25.8 Å². The highest BCUT2D eigenvalue weighted by Crippen LogP contribution is 2.10. The summed E-state index contributed by atoms with van der Waals surface area (Å²) in [6, 6.07) is -0.245. The Kier molecular flexibility index (Phi) is 6.17. The van der Waals surface area contributed by atoms with Crippen LogP contribution in [0.5, 0.6) is 0 Å². The Hall–Kier alpha value is -1.39. The lowest BCUT2D eigenvalue weighted by atomic mass is 10.1. The lowest BCUT2D eigenvalue weighted by molar-refractivity contribution is 0.158. The average molecular weight is 307 g/mol. The molecule has 1 amide bonds. The molecule has 0 spiro atoms. The summed E-state index contributed by atoms with van der Waals surface area (Å²) in [6.07, 6.45) is 0.197. The molecule has 0 aromatic rings. The van der Waals surface area contributed by atoms with Crippen LogP contribution in [0.4, 0.5) is 4.79 Å². The second-order valence-corrected chi connectivity index (χ2v) is 5.97. The second kappa shape index (κ2) is 7.41. The third-order valence-electron chi connectivity index (χ3n) is 2.80. The van der Waals surface area contributed by atoms with Crippen molar-refractivity contribution in [1.29, 1.82) is 5.41 Å². The van der Waals surface area contributed by atoms with Crippen LogP contribution in [-0.4, -0.2) is 57.5 Å². The topological polar surface area (TPSA) is 138 Å². The molecule has 0 aromatic carbocycles. The highest BCUT2D eigenvalue weighted by Gasteiger charge is 2.24. The van der Waals surface area contributed by atoms with E-state index in [1.165, 1.54) is 0 Å². The van der Waals surface area contributed by atoms with E-state index in [9.17, 15) is 13.2 Å². The third kappa shape index (κ3) is 6.17. The van der Waals surface area contributed by atoms with E-state index < -0.39 is 16.3 Å². The summed E-state index contributed by atoms with van der Waals surface area (Å²) in [5, 5.41) is 7.20. The first-order chi connectivity index (χ1) is 9.32. The van der Waals surface area contributed by atoms with Gasteiger partial charge in [-0.25, -0.2) is 9.52 Å². The Balaban J connectivity index is 2.39. The van der Waals surface area contributed by atoms with Crippen LogP contribution < -0.4 is 15.2 Å². The summed E-state index contributed by atoms with van der Waals surface area (Å²) >= 11 is 0. The van der Waals surface area contributed by atoms with E-state index in [4.69, 9.17) is 11.1 Å². The Morgan fingerprint density at radius 3 is 2.55 bits per heavy atom. The maximum atomic E-state index is 11.7. The lowest BCUT2D eigenvalue weighted by Gasteiger charge is -2.31. The van der Waals surface area contributed by atoms with Gasteiger partial charge in [0.05, 0.1) is 13.2 Å². The number of hydrogen-bond acceptors (Lipinski definition) is 6. The molecule has 1 fully saturated rings. The van der Waals surface area contributed by atoms with Crippen molar-refractivity contribution in [1.82, 2.24) is 14.3 Å². The van der Waals surface area contributed by atoms with Gasteiger partial charge in [0.15, 0.2) is 0 Å². The minimum absolute atomic E-state index is 0.0907. The molecular weight excluding hydrogens is 286 g/mol. The monoisotopic (exact) mass is 307 g/mol. The number of carbonyl (C=O) groups excluding carboxylic acids is 1. The van der Waals surface area contributed by atoms with Gasteiger partial charge < -0.3 is 10.5 Å². The fourth-order valence-electron chi connectivity index (χ4n) is 1.97. The van der Waals surface area contributed by atoms with Crippen LogP contribution in [0.25, 0.3) is 0 Å². The maximum Gasteiger partial charge on any atom is 0.421 e. The highest BCUT2D eigenvalue weighted by molar-refractivity contribution is 7.88. The van der Waals surface area contributed by atoms with Gasteiger partial charge in [-0.2, -0.15) is 13.1 Å². The van der Waals surface area contributed by atoms with Gasteiger partial charge in [0.25, 0.3) is 0 Å². The van der Waals surface area contributed by atoms with Crippen LogP contribution in [0.2, 0.25) is 0 Å². The number of hydrogen-bond donors (Lipinski definition) is 4. The van der Waals surface area contributed by atoms with Crippen LogP contribution in [-0.2, 0) is 14.9 Å². The fraction of sp³-hybridized carbons (Fsp3) is 0.800. The first kappa shape index (κ1) is 16.7. The van der Waals surface area contributed by atoms with E-state index >= 15 is 0 Å². The van der Waals surface area contributed by atoms with Crippen molar-refractivity contribution in [2.75, 3.05) is 26.2 Å². The van der Waals surface area contributed by atoms with Crippen LogP contribution in [0.1, 0.15) is 19.8 Å². The molecule has 116 valence electrons. The number of carbonyl (C=O) groups is 1. The molecule has 0 bridgehead atoms. The smallest absolute Gasteiger partial charge is 0.421 e. The molecule has 1 aliphatic heterocycles. The lowest BCUT2D eigenvalue weighted by Crippen LogP contribution is -2.50. The molecule has 1 saturated heterocycles. The molecule has 0 aromatic heterocycles. The van der Waals surface area contributed by atoms with E-state index in [0.717, 1.165) is 0 Å². The van der Waals surface area contributed by atoms with E-state index in [0.29, 0.717) is 32.5 Å². The van der Waals surface area contributed by atoms with Crippen molar-refractivity contribution in [3.63, 3.8) is 0 Å². The molecule has 0 unspecified atom stereocenters. The number of amidine groups is 1. The molecule has 0 atom stereocenters. The Morgan fingerprint density at radius 2 is 2.05 bits per heavy atom. The Bertz CT molecular complexity index is 445. The minimum Gasteiger partial charge on any atom is -0.449 e. The number of ether oxygens (including phenoxy) is 1. The Morgan fingerprint density at radius 1 is 1.45 bits per heavy atom. The fourth-order valence-corrected chi connectivity index (χ4v) is 2.98. The number of nitrogens with zero attached hydrogens (tertiary/aromatic N) is 1. The third-order valence-corrected chi connectivity index (χ3v) is 3.88. The van der Waals surface area contributed by atoms with E-state index in [1.54, 1.807) is 11.6 Å². The highest BCUT2D eigenvalue weighted by atomic mass is 32.2. The predicted molar refractivity (Wildman–Crippen MR) is 73.6 cm³/mol. The molecule has 20 heavy (non-hydrogen) atoms. The number of nitrogens with one attached hydrogen (secondary N) is 3. The normalized spacial score (nSPS) is 17.6. The van der Waals surface area contributed by atoms with Crippen molar-refractivity contribution >= 4 is 22.1 Å². The van der Waals surface area contributed by atoms with Gasteiger partial charge in [-0.3, -0.25) is 10.3 Å². The summed E-state index contributed by atoms with van der Waals surface area (Å²) in [7, 11) is -3.90. The van der Waals surface area contributed by atoms with Gasteiger partial charge in [0, 0.05) is 19.1 Å². The first-order valence-electron chi connectivity index (χ1n) is 6.34. The zero-order chi connectivity index (χ0) is 15.2. The Labute approximate surface area is 118 Å². The van der Waals surface area contributed by atoms with Crippen molar-refractivity contribution in [3.05, 3.63) is 0 Å². The largest absolute Gasteiger partial charge is 0.449 e. The summed E-state index contributed by atoms with van der Waals surface area (Å²) in [5.74, 6) is 0.0907. The number of amides is 1.